The summed E-state index contributed by atoms with van der Waals surface area (Å²) in [7, 11) is 0. The van der Waals surface area contributed by atoms with E-state index in [1.807, 2.05) is 37.4 Å². The smallest absolute Gasteiger partial charge is 0.325 e. The zero-order valence-electron chi connectivity index (χ0n) is 17.4. The van der Waals surface area contributed by atoms with Crippen molar-refractivity contribution < 1.29 is 19.0 Å². The number of ether oxygens (including phenoxy) is 2. The van der Waals surface area contributed by atoms with Crippen LogP contribution in [-0.2, 0) is 4.79 Å². The van der Waals surface area contributed by atoms with E-state index in [-0.39, 0.29) is 18.3 Å². The van der Waals surface area contributed by atoms with Crippen molar-refractivity contribution in [2.75, 3.05) is 17.9 Å². The molecule has 0 spiro atoms. The largest absolute Gasteiger partial charge is 0.454 e. The number of benzene rings is 2. The average Bonchev–Trinajstić information content (AvgIpc) is 3.24. The van der Waals surface area contributed by atoms with Crippen LogP contribution in [0.2, 0.25) is 5.02 Å². The highest BCUT2D eigenvalue weighted by Crippen LogP contribution is 2.43. The van der Waals surface area contributed by atoms with Gasteiger partial charge in [0.15, 0.2) is 11.5 Å². The van der Waals surface area contributed by atoms with Crippen molar-refractivity contribution in [2.24, 2.45) is 0 Å². The molecule has 2 aromatic carbocycles. The standard InChI is InChI=1S/C22H19ClN4O4S/c1-3-6-18(28)26-15-8-5-4-7-12(15)19-20(29)24-22(32-2)25-27(19)21(26)13-9-16-17(10-14(13)23)31-11-30-16/h4-5,7-10,21H,3,6,11H2,1-2H3/p+1/t21-/m1/s1. The summed E-state index contributed by atoms with van der Waals surface area (Å²) >= 11 is 8.00. The molecule has 2 aliphatic rings. The highest BCUT2D eigenvalue weighted by molar-refractivity contribution is 7.98. The van der Waals surface area contributed by atoms with Crippen LogP contribution in [0, 0.1) is 0 Å². The molecule has 1 amide bonds. The molecule has 1 atom stereocenters. The maximum Gasteiger partial charge on any atom is 0.325 e. The summed E-state index contributed by atoms with van der Waals surface area (Å²) in [6.45, 7) is 2.05. The first-order valence-corrected chi connectivity index (χ1v) is 11.7. The third kappa shape index (κ3) is 3.23. The first-order chi connectivity index (χ1) is 15.5. The number of H-pyrrole nitrogens is 1. The quantitative estimate of drug-likeness (QED) is 0.462. The SMILES string of the molecule is CCCC(=O)N1c2ccccc2-c2c(=O)[nH]c(SC)n[n+]2[C@@H]1c1cc2c(cc1Cl)OCO2. The molecule has 3 aromatic rings. The van der Waals surface area contributed by atoms with Crippen LogP contribution in [0.15, 0.2) is 46.3 Å². The molecule has 32 heavy (non-hydrogen) atoms. The van der Waals surface area contributed by atoms with Crippen molar-refractivity contribution in [3.63, 3.8) is 0 Å². The van der Waals surface area contributed by atoms with Gasteiger partial charge in [-0.15, -0.1) is 0 Å². The minimum Gasteiger partial charge on any atom is -0.454 e. The van der Waals surface area contributed by atoms with E-state index in [4.69, 9.17) is 21.1 Å². The highest BCUT2D eigenvalue weighted by atomic mass is 35.5. The van der Waals surface area contributed by atoms with Crippen LogP contribution in [0.5, 0.6) is 11.5 Å². The molecule has 164 valence electrons. The van der Waals surface area contributed by atoms with E-state index < -0.39 is 6.17 Å². The number of amides is 1. The molecule has 0 bridgehead atoms. The predicted octanol–water partition coefficient (Wildman–Crippen LogP) is 3.52. The second-order valence-electron chi connectivity index (χ2n) is 7.39. The third-order valence-electron chi connectivity index (χ3n) is 5.45. The minimum absolute atomic E-state index is 0.0929. The summed E-state index contributed by atoms with van der Waals surface area (Å²) in [5.41, 5.74) is 1.92. The number of hydrogen-bond acceptors (Lipinski definition) is 6. The summed E-state index contributed by atoms with van der Waals surface area (Å²) in [4.78, 5) is 31.1. The van der Waals surface area contributed by atoms with Crippen molar-refractivity contribution in [1.82, 2.24) is 10.1 Å². The second-order valence-corrected chi connectivity index (χ2v) is 8.59. The van der Waals surface area contributed by atoms with E-state index in [9.17, 15) is 9.59 Å². The van der Waals surface area contributed by atoms with E-state index >= 15 is 0 Å². The van der Waals surface area contributed by atoms with Crippen LogP contribution in [0.3, 0.4) is 0 Å². The van der Waals surface area contributed by atoms with Gasteiger partial charge in [0.2, 0.25) is 17.9 Å². The van der Waals surface area contributed by atoms with Gasteiger partial charge < -0.3 is 9.47 Å². The Morgan fingerprint density at radius 2 is 2.06 bits per heavy atom. The second kappa shape index (κ2) is 8.14. The Morgan fingerprint density at radius 3 is 2.81 bits per heavy atom. The molecule has 5 rings (SSSR count). The highest BCUT2D eigenvalue weighted by Gasteiger charge is 2.46. The van der Waals surface area contributed by atoms with Crippen LogP contribution in [0.25, 0.3) is 11.3 Å². The number of rotatable bonds is 4. The van der Waals surface area contributed by atoms with Crippen LogP contribution < -0.4 is 24.6 Å². The number of fused-ring (bicyclic) bond motifs is 4. The molecule has 0 aliphatic carbocycles. The molecular weight excluding hydrogens is 452 g/mol. The number of hydrogen-bond donors (Lipinski definition) is 1. The number of anilines is 1. The van der Waals surface area contributed by atoms with E-state index in [0.29, 0.717) is 57.0 Å². The van der Waals surface area contributed by atoms with Crippen LogP contribution in [-0.4, -0.2) is 29.0 Å². The van der Waals surface area contributed by atoms with Crippen molar-refractivity contribution in [2.45, 2.75) is 31.1 Å². The van der Waals surface area contributed by atoms with Gasteiger partial charge in [0, 0.05) is 17.6 Å². The molecule has 1 aromatic heterocycles. The summed E-state index contributed by atoms with van der Waals surface area (Å²) in [5.74, 6) is 0.975. The summed E-state index contributed by atoms with van der Waals surface area (Å²) in [5, 5.41) is 5.50. The maximum absolute atomic E-state index is 13.4. The van der Waals surface area contributed by atoms with Crippen molar-refractivity contribution in [1.29, 1.82) is 0 Å². The predicted molar refractivity (Wildman–Crippen MR) is 120 cm³/mol. The average molecular weight is 472 g/mol. The third-order valence-corrected chi connectivity index (χ3v) is 6.35. The Kier molecular flexibility index (Phi) is 5.30. The normalized spacial score (nSPS) is 16.0. The number of aromatic nitrogens is 3. The Labute approximate surface area is 193 Å². The van der Waals surface area contributed by atoms with Gasteiger partial charge in [-0.2, -0.15) is 0 Å². The lowest BCUT2D eigenvalue weighted by Crippen LogP contribution is -2.61. The topological polar surface area (TPSA) is 88.4 Å². The van der Waals surface area contributed by atoms with Gasteiger partial charge in [0.1, 0.15) is 0 Å². The van der Waals surface area contributed by atoms with Crippen molar-refractivity contribution in [3.8, 4) is 22.8 Å². The Bertz CT molecular complexity index is 1300. The Hall–Kier alpha value is -3.04. The number of carbonyl (C=O) groups is 1. The number of halogens is 1. The monoisotopic (exact) mass is 471 g/mol. The number of aromatic amines is 1. The fraction of sp³-hybridized carbons (Fsp3) is 0.273. The van der Waals surface area contributed by atoms with Gasteiger partial charge in [0.25, 0.3) is 6.17 Å². The number of carbonyl (C=O) groups excluding carboxylic acids is 1. The molecule has 8 nitrogen and oxygen atoms in total. The minimum atomic E-state index is -0.769. The molecule has 2 aliphatic heterocycles. The van der Waals surface area contributed by atoms with Gasteiger partial charge in [-0.1, -0.05) is 42.4 Å². The molecule has 0 saturated carbocycles. The number of nitrogens with one attached hydrogen (secondary N) is 1. The van der Waals surface area contributed by atoms with Crippen molar-refractivity contribution in [3.05, 3.63) is 57.3 Å². The van der Waals surface area contributed by atoms with Gasteiger partial charge in [-0.25, -0.2) is 4.90 Å². The molecule has 10 heteroatoms. The van der Waals surface area contributed by atoms with Gasteiger partial charge in [-0.3, -0.25) is 14.6 Å². The zero-order chi connectivity index (χ0) is 22.4. The van der Waals surface area contributed by atoms with Crippen LogP contribution in [0.1, 0.15) is 31.5 Å². The summed E-state index contributed by atoms with van der Waals surface area (Å²) < 4.78 is 12.6. The molecule has 0 saturated heterocycles. The fourth-order valence-corrected chi connectivity index (χ4v) is 4.70. The molecule has 3 heterocycles. The summed E-state index contributed by atoms with van der Waals surface area (Å²) in [6, 6.07) is 10.8. The number of para-hydroxylation sites is 1. The molecule has 1 N–H and O–H groups in total. The lowest BCUT2D eigenvalue weighted by Gasteiger charge is -2.32. The maximum atomic E-state index is 13.4. The van der Waals surface area contributed by atoms with E-state index in [0.717, 1.165) is 0 Å². The van der Waals surface area contributed by atoms with E-state index in [2.05, 4.69) is 10.1 Å². The zero-order valence-corrected chi connectivity index (χ0v) is 19.0. The Morgan fingerprint density at radius 1 is 1.31 bits per heavy atom. The van der Waals surface area contributed by atoms with Crippen LogP contribution >= 0.6 is 23.4 Å². The van der Waals surface area contributed by atoms with E-state index in [1.165, 1.54) is 11.8 Å². The molecule has 0 unspecified atom stereocenters. The first-order valence-electron chi connectivity index (χ1n) is 10.1. The van der Waals surface area contributed by atoms with E-state index in [1.54, 1.807) is 21.7 Å². The van der Waals surface area contributed by atoms with Crippen molar-refractivity contribution >= 4 is 35.0 Å². The molecule has 0 fully saturated rings. The fourth-order valence-electron chi connectivity index (χ4n) is 4.08. The Balaban J connectivity index is 1.84. The molecule has 0 radical (unpaired) electrons. The molecular formula is C22H20ClN4O4S+. The van der Waals surface area contributed by atoms with Gasteiger partial charge in [-0.05, 0) is 35.6 Å². The lowest BCUT2D eigenvalue weighted by molar-refractivity contribution is -0.763. The summed E-state index contributed by atoms with van der Waals surface area (Å²) in [6.07, 6.45) is 2.07. The van der Waals surface area contributed by atoms with Gasteiger partial charge >= 0.3 is 11.3 Å². The van der Waals surface area contributed by atoms with Gasteiger partial charge in [0.05, 0.1) is 21.8 Å². The number of nitrogens with zero attached hydrogens (tertiary/aromatic N) is 3. The number of thioether (sulfide) groups is 1. The first kappa shape index (κ1) is 20.8. The van der Waals surface area contributed by atoms with Crippen LogP contribution in [0.4, 0.5) is 5.69 Å². The lowest BCUT2D eigenvalue weighted by atomic mass is 10.0.